The number of aliphatic hydroxyl groups is 1. The fraction of sp³-hybridized carbons (Fsp3) is 0.714. The summed E-state index contributed by atoms with van der Waals surface area (Å²) >= 11 is 0. The molecule has 0 radical (unpaired) electrons. The van der Waals surface area contributed by atoms with E-state index in [9.17, 15) is 24.3 Å². The van der Waals surface area contributed by atoms with Crippen LogP contribution in [0, 0.1) is 22.7 Å². The van der Waals surface area contributed by atoms with Crippen LogP contribution in [0.3, 0.4) is 0 Å². The van der Waals surface area contributed by atoms with E-state index in [1.54, 1.807) is 0 Å². The largest absolute Gasteiger partial charge is 0.462 e. The van der Waals surface area contributed by atoms with Crippen LogP contribution < -0.4 is 0 Å². The van der Waals surface area contributed by atoms with Gasteiger partial charge in [-0.1, -0.05) is 32.9 Å². The fourth-order valence-corrected chi connectivity index (χ4v) is 7.34. The van der Waals surface area contributed by atoms with E-state index in [-0.39, 0.29) is 12.8 Å². The first-order chi connectivity index (χ1) is 17.0. The molecule has 0 aliphatic heterocycles. The third-order valence-electron chi connectivity index (χ3n) is 8.48. The number of carbonyl (C=O) groups excluding carboxylic acids is 4. The van der Waals surface area contributed by atoms with Gasteiger partial charge in [-0.25, -0.2) is 0 Å². The van der Waals surface area contributed by atoms with Crippen molar-refractivity contribution in [1.82, 2.24) is 0 Å². The molecule has 0 aromatic rings. The number of aliphatic hydroxyl groups excluding tert-OH is 1. The highest BCUT2D eigenvalue weighted by molar-refractivity contribution is 5.68. The summed E-state index contributed by atoms with van der Waals surface area (Å²) in [5.74, 6) is -3.25. The standard InChI is InChI=1S/C28H40O9/c1-13-10-20(35-16(4)30)25-26(37-18(6)32)24-14(2)19(34-15(3)29)11-22(33)28(24,9)12-21(36-17(5)31)23(13)27(25,7)8/h19-22,24-26,33H,2,10-12H2,1,3-9H3/t19-,20-,21-,22-,24-,25-,26-,28+/m0/s1. The Balaban J connectivity index is 2.34. The van der Waals surface area contributed by atoms with Crippen molar-refractivity contribution >= 4 is 23.9 Å². The van der Waals surface area contributed by atoms with E-state index in [0.717, 1.165) is 11.1 Å². The van der Waals surface area contributed by atoms with E-state index in [4.69, 9.17) is 18.9 Å². The van der Waals surface area contributed by atoms with E-state index in [0.29, 0.717) is 12.0 Å². The minimum absolute atomic E-state index is 0.102. The predicted octanol–water partition coefficient (Wildman–Crippen LogP) is 3.42. The van der Waals surface area contributed by atoms with Crippen LogP contribution in [-0.2, 0) is 38.1 Å². The summed E-state index contributed by atoms with van der Waals surface area (Å²) < 4.78 is 23.3. The Labute approximate surface area is 218 Å². The van der Waals surface area contributed by atoms with Crippen LogP contribution in [0.5, 0.6) is 0 Å². The number of hydrogen-bond acceptors (Lipinski definition) is 9. The Morgan fingerprint density at radius 3 is 1.89 bits per heavy atom. The molecule has 0 spiro atoms. The second kappa shape index (κ2) is 10.2. The van der Waals surface area contributed by atoms with Gasteiger partial charge in [0, 0.05) is 57.8 Å². The topological polar surface area (TPSA) is 125 Å². The van der Waals surface area contributed by atoms with Crippen molar-refractivity contribution in [2.75, 3.05) is 0 Å². The maximum atomic E-state index is 12.5. The van der Waals surface area contributed by atoms with Gasteiger partial charge in [0.15, 0.2) is 0 Å². The molecule has 9 nitrogen and oxygen atoms in total. The summed E-state index contributed by atoms with van der Waals surface area (Å²) in [4.78, 5) is 48.9. The van der Waals surface area contributed by atoms with Crippen molar-refractivity contribution in [3.63, 3.8) is 0 Å². The third-order valence-corrected chi connectivity index (χ3v) is 8.48. The lowest BCUT2D eigenvalue weighted by atomic mass is 9.49. The maximum Gasteiger partial charge on any atom is 0.303 e. The van der Waals surface area contributed by atoms with E-state index in [2.05, 4.69) is 6.58 Å². The van der Waals surface area contributed by atoms with Crippen molar-refractivity contribution in [1.29, 1.82) is 0 Å². The summed E-state index contributed by atoms with van der Waals surface area (Å²) in [5.41, 5.74) is 0.566. The molecule has 0 aromatic heterocycles. The normalized spacial score (nSPS) is 36.9. The predicted molar refractivity (Wildman–Crippen MR) is 133 cm³/mol. The molecule has 0 unspecified atom stereocenters. The lowest BCUT2D eigenvalue weighted by Crippen LogP contribution is -2.63. The number of carbonyl (C=O) groups is 4. The molecule has 206 valence electrons. The van der Waals surface area contributed by atoms with E-state index < -0.39 is 77.1 Å². The molecule has 3 aliphatic carbocycles. The summed E-state index contributed by atoms with van der Waals surface area (Å²) in [7, 11) is 0. The highest BCUT2D eigenvalue weighted by atomic mass is 16.6. The van der Waals surface area contributed by atoms with Crippen LogP contribution >= 0.6 is 0 Å². The van der Waals surface area contributed by atoms with Gasteiger partial charge >= 0.3 is 23.9 Å². The number of fused-ring (bicyclic) bond motifs is 3. The Morgan fingerprint density at radius 1 is 0.865 bits per heavy atom. The molecule has 0 amide bonds. The van der Waals surface area contributed by atoms with Gasteiger partial charge < -0.3 is 24.1 Å². The van der Waals surface area contributed by atoms with Gasteiger partial charge in [0.2, 0.25) is 0 Å². The summed E-state index contributed by atoms with van der Waals surface area (Å²) in [6, 6.07) is 0. The second-order valence-electron chi connectivity index (χ2n) is 11.6. The average Bonchev–Trinajstić information content (AvgIpc) is 2.68. The molecule has 2 bridgehead atoms. The second-order valence-corrected chi connectivity index (χ2v) is 11.6. The molecule has 2 saturated carbocycles. The monoisotopic (exact) mass is 520 g/mol. The zero-order chi connectivity index (χ0) is 28.0. The molecule has 37 heavy (non-hydrogen) atoms. The van der Waals surface area contributed by atoms with Crippen LogP contribution in [0.15, 0.2) is 23.3 Å². The smallest absolute Gasteiger partial charge is 0.303 e. The Bertz CT molecular complexity index is 1020. The van der Waals surface area contributed by atoms with Crippen molar-refractivity contribution in [3.05, 3.63) is 23.3 Å². The molecule has 0 saturated heterocycles. The quantitative estimate of drug-likeness (QED) is 0.337. The highest BCUT2D eigenvalue weighted by Gasteiger charge is 2.63. The zero-order valence-electron chi connectivity index (χ0n) is 23.1. The number of ether oxygens (including phenoxy) is 4. The molecule has 8 atom stereocenters. The third kappa shape index (κ3) is 5.33. The van der Waals surface area contributed by atoms with Gasteiger partial charge in [-0.15, -0.1) is 0 Å². The Hall–Kier alpha value is -2.68. The van der Waals surface area contributed by atoms with Crippen LogP contribution in [0.1, 0.15) is 74.7 Å². The summed E-state index contributed by atoms with van der Waals surface area (Å²) in [6.45, 7) is 17.3. The van der Waals surface area contributed by atoms with Gasteiger partial charge in [0.25, 0.3) is 0 Å². The number of hydrogen-bond donors (Lipinski definition) is 1. The fourth-order valence-electron chi connectivity index (χ4n) is 7.34. The van der Waals surface area contributed by atoms with Crippen LogP contribution in [-0.4, -0.2) is 59.5 Å². The van der Waals surface area contributed by atoms with Crippen molar-refractivity contribution in [3.8, 4) is 0 Å². The molecule has 3 rings (SSSR count). The van der Waals surface area contributed by atoms with Crippen LogP contribution in [0.2, 0.25) is 0 Å². The molecule has 9 heteroatoms. The molecule has 0 aromatic carbocycles. The van der Waals surface area contributed by atoms with Gasteiger partial charge in [-0.05, 0) is 29.9 Å². The van der Waals surface area contributed by atoms with Crippen LogP contribution in [0.4, 0.5) is 0 Å². The van der Waals surface area contributed by atoms with Gasteiger partial charge in [-0.3, -0.25) is 19.2 Å². The molecule has 0 heterocycles. The number of rotatable bonds is 4. The van der Waals surface area contributed by atoms with Gasteiger partial charge in [0.1, 0.15) is 24.4 Å². The highest BCUT2D eigenvalue weighted by Crippen LogP contribution is 2.60. The summed E-state index contributed by atoms with van der Waals surface area (Å²) in [5, 5.41) is 11.5. The molecular formula is C28H40O9. The van der Waals surface area contributed by atoms with Gasteiger partial charge in [-0.2, -0.15) is 0 Å². The minimum Gasteiger partial charge on any atom is -0.462 e. The van der Waals surface area contributed by atoms with Crippen LogP contribution in [0.25, 0.3) is 0 Å². The zero-order valence-corrected chi connectivity index (χ0v) is 23.1. The Kier molecular flexibility index (Phi) is 7.99. The lowest BCUT2D eigenvalue weighted by molar-refractivity contribution is -0.197. The maximum absolute atomic E-state index is 12.5. The van der Waals surface area contributed by atoms with Crippen molar-refractivity contribution in [2.45, 2.75) is 105 Å². The van der Waals surface area contributed by atoms with Crippen molar-refractivity contribution < 1.29 is 43.2 Å². The van der Waals surface area contributed by atoms with E-state index in [1.165, 1.54) is 27.7 Å². The van der Waals surface area contributed by atoms with Gasteiger partial charge in [0.05, 0.1) is 6.10 Å². The number of esters is 4. The van der Waals surface area contributed by atoms with Crippen molar-refractivity contribution in [2.24, 2.45) is 22.7 Å². The first kappa shape index (κ1) is 28.9. The molecule has 3 aliphatic rings. The Morgan fingerprint density at radius 2 is 1.38 bits per heavy atom. The molecular weight excluding hydrogens is 480 g/mol. The first-order valence-corrected chi connectivity index (χ1v) is 12.8. The first-order valence-electron chi connectivity index (χ1n) is 12.8. The molecule has 1 N–H and O–H groups in total. The molecule has 2 fully saturated rings. The lowest BCUT2D eigenvalue weighted by Gasteiger charge is -2.59. The summed E-state index contributed by atoms with van der Waals surface area (Å²) in [6.07, 6.45) is -3.29. The van der Waals surface area contributed by atoms with E-state index >= 15 is 0 Å². The van der Waals surface area contributed by atoms with E-state index in [1.807, 2.05) is 27.7 Å². The average molecular weight is 521 g/mol. The minimum atomic E-state index is -1.00. The SMILES string of the molecule is C=C1[C@@H](OC(C)=O)C[C@H](O)[C@@]2(C)C[C@H](OC(C)=O)C3=C(C)C[C@H](OC(C)=O)[C@@H]([C@@H](OC(C)=O)[C@H]12)C3(C)C.